The molecular weight excluding hydrogens is 280 g/mol. The summed E-state index contributed by atoms with van der Waals surface area (Å²) in [7, 11) is 0. The number of hydrogen-bond acceptors (Lipinski definition) is 6. The summed E-state index contributed by atoms with van der Waals surface area (Å²) in [5.74, 6) is -0.652. The van der Waals surface area contributed by atoms with Crippen LogP contribution in [0, 0.1) is 10.1 Å². The van der Waals surface area contributed by atoms with Crippen molar-refractivity contribution in [2.24, 2.45) is 0 Å². The van der Waals surface area contributed by atoms with E-state index in [4.69, 9.17) is 11.6 Å². The maximum absolute atomic E-state index is 11.9. The molecule has 2 heterocycles. The van der Waals surface area contributed by atoms with Gasteiger partial charge in [0.25, 0.3) is 11.6 Å². The second kappa shape index (κ2) is 5.07. The van der Waals surface area contributed by atoms with Gasteiger partial charge in [-0.05, 0) is 6.07 Å². The van der Waals surface area contributed by atoms with Crippen molar-refractivity contribution in [1.29, 1.82) is 0 Å². The van der Waals surface area contributed by atoms with Gasteiger partial charge in [-0.3, -0.25) is 20.2 Å². The van der Waals surface area contributed by atoms with Crippen molar-refractivity contribution in [2.75, 3.05) is 5.32 Å². The minimum absolute atomic E-state index is 0.00453. The summed E-state index contributed by atoms with van der Waals surface area (Å²) >= 11 is 6.82. The molecular formula is C9H5ClN4O3S. The normalized spacial score (nSPS) is 10.1. The lowest BCUT2D eigenvalue weighted by molar-refractivity contribution is -0.385. The first-order valence-corrected chi connectivity index (χ1v) is 5.84. The zero-order valence-electron chi connectivity index (χ0n) is 8.66. The van der Waals surface area contributed by atoms with Gasteiger partial charge in [-0.15, -0.1) is 11.3 Å². The van der Waals surface area contributed by atoms with Crippen molar-refractivity contribution < 1.29 is 9.72 Å². The number of hydrogen-bond donors (Lipinski definition) is 1. The Bertz CT molecular complexity index is 602. The number of rotatable bonds is 3. The van der Waals surface area contributed by atoms with Gasteiger partial charge in [0.15, 0.2) is 5.13 Å². The van der Waals surface area contributed by atoms with Crippen LogP contribution in [0.25, 0.3) is 0 Å². The van der Waals surface area contributed by atoms with Crippen LogP contribution in [0.1, 0.15) is 10.4 Å². The largest absolute Gasteiger partial charge is 0.300 e. The summed E-state index contributed by atoms with van der Waals surface area (Å²) in [5.41, 5.74) is -0.566. The molecule has 1 N–H and O–H groups in total. The summed E-state index contributed by atoms with van der Waals surface area (Å²) in [5, 5.41) is 15.2. The molecule has 0 radical (unpaired) electrons. The van der Waals surface area contributed by atoms with E-state index in [1.807, 2.05) is 0 Å². The number of nitrogens with zero attached hydrogens (tertiary/aromatic N) is 3. The third-order valence-electron chi connectivity index (χ3n) is 1.94. The summed E-state index contributed by atoms with van der Waals surface area (Å²) in [4.78, 5) is 29.3. The Kier molecular flexibility index (Phi) is 3.49. The zero-order chi connectivity index (χ0) is 13.1. The van der Waals surface area contributed by atoms with Crippen LogP contribution < -0.4 is 5.32 Å². The minimum atomic E-state index is -0.694. The molecule has 0 aliphatic carbocycles. The smallest absolute Gasteiger partial charge is 0.298 e. The van der Waals surface area contributed by atoms with E-state index in [1.54, 1.807) is 5.38 Å². The number of carbonyl (C=O) groups is 1. The zero-order valence-corrected chi connectivity index (χ0v) is 10.2. The van der Waals surface area contributed by atoms with Gasteiger partial charge in [0, 0.05) is 11.6 Å². The molecule has 0 unspecified atom stereocenters. The molecule has 0 atom stereocenters. The number of anilines is 1. The lowest BCUT2D eigenvalue weighted by Gasteiger charge is -2.02. The van der Waals surface area contributed by atoms with Gasteiger partial charge >= 0.3 is 0 Å². The minimum Gasteiger partial charge on any atom is -0.298 e. The topological polar surface area (TPSA) is 98.0 Å². The molecule has 2 aromatic rings. The fourth-order valence-corrected chi connectivity index (χ4v) is 1.88. The third-order valence-corrected chi connectivity index (χ3v) is 2.84. The number of carbonyl (C=O) groups excluding carboxylic acids is 1. The highest BCUT2D eigenvalue weighted by atomic mass is 35.5. The third kappa shape index (κ3) is 2.60. The van der Waals surface area contributed by atoms with E-state index >= 15 is 0 Å². The van der Waals surface area contributed by atoms with Crippen LogP contribution in [0.5, 0.6) is 0 Å². The lowest BCUT2D eigenvalue weighted by atomic mass is 10.2. The molecule has 0 aliphatic heterocycles. The Hall–Kier alpha value is -2.06. The highest BCUT2D eigenvalue weighted by Gasteiger charge is 2.21. The lowest BCUT2D eigenvalue weighted by Crippen LogP contribution is -2.14. The number of halogens is 1. The van der Waals surface area contributed by atoms with E-state index in [0.717, 1.165) is 12.3 Å². The summed E-state index contributed by atoms with van der Waals surface area (Å²) in [6.45, 7) is 0. The number of amides is 1. The molecule has 0 spiro atoms. The fraction of sp³-hybridized carbons (Fsp3) is 0. The maximum atomic E-state index is 11.9. The number of thiazole rings is 1. The molecule has 0 aliphatic rings. The van der Waals surface area contributed by atoms with Crippen LogP contribution in [0.2, 0.25) is 5.15 Å². The van der Waals surface area contributed by atoms with Gasteiger partial charge in [0.05, 0.1) is 4.92 Å². The van der Waals surface area contributed by atoms with Crippen LogP contribution in [0.3, 0.4) is 0 Å². The highest BCUT2D eigenvalue weighted by Crippen LogP contribution is 2.22. The second-order valence-corrected chi connectivity index (χ2v) is 4.35. The average Bonchev–Trinajstić information content (AvgIpc) is 2.81. The number of aromatic nitrogens is 2. The van der Waals surface area contributed by atoms with Gasteiger partial charge in [-0.1, -0.05) is 11.6 Å². The molecule has 0 saturated heterocycles. The number of nitro groups is 1. The van der Waals surface area contributed by atoms with E-state index in [1.165, 1.54) is 17.5 Å². The highest BCUT2D eigenvalue weighted by molar-refractivity contribution is 7.13. The SMILES string of the molecule is O=C(Nc1nccs1)c1cc(Cl)ncc1[N+](=O)[O-]. The maximum Gasteiger partial charge on any atom is 0.300 e. The molecule has 92 valence electrons. The van der Waals surface area contributed by atoms with E-state index in [2.05, 4.69) is 15.3 Å². The van der Waals surface area contributed by atoms with E-state index < -0.39 is 16.5 Å². The second-order valence-electron chi connectivity index (χ2n) is 3.07. The van der Waals surface area contributed by atoms with Crippen LogP contribution in [0.15, 0.2) is 23.8 Å². The molecule has 9 heteroatoms. The van der Waals surface area contributed by atoms with E-state index in [-0.39, 0.29) is 10.7 Å². The quantitative estimate of drug-likeness (QED) is 0.530. The molecule has 2 rings (SSSR count). The van der Waals surface area contributed by atoms with Crippen molar-refractivity contribution in [3.8, 4) is 0 Å². The van der Waals surface area contributed by atoms with Gasteiger partial charge in [0.1, 0.15) is 16.9 Å². The predicted molar refractivity (Wildman–Crippen MR) is 66.0 cm³/mol. The molecule has 0 bridgehead atoms. The van der Waals surface area contributed by atoms with E-state index in [9.17, 15) is 14.9 Å². The molecule has 0 aromatic carbocycles. The van der Waals surface area contributed by atoms with Crippen molar-refractivity contribution in [1.82, 2.24) is 9.97 Å². The molecule has 0 fully saturated rings. The first kappa shape index (κ1) is 12.4. The standard InChI is InChI=1S/C9H5ClN4O3S/c10-7-3-5(6(4-12-7)14(16)17)8(15)13-9-11-1-2-18-9/h1-4H,(H,11,13,15). The predicted octanol–water partition coefficient (Wildman–Crippen LogP) is 2.35. The van der Waals surface area contributed by atoms with Crippen molar-refractivity contribution >= 4 is 39.7 Å². The number of nitrogens with one attached hydrogen (secondary N) is 1. The Morgan fingerprint density at radius 2 is 2.28 bits per heavy atom. The summed E-state index contributed by atoms with van der Waals surface area (Å²) < 4.78 is 0. The van der Waals surface area contributed by atoms with Crippen LogP contribution in [-0.2, 0) is 0 Å². The monoisotopic (exact) mass is 284 g/mol. The van der Waals surface area contributed by atoms with Gasteiger partial charge < -0.3 is 0 Å². The molecule has 2 aromatic heterocycles. The Balaban J connectivity index is 2.34. The van der Waals surface area contributed by atoms with Crippen LogP contribution in [-0.4, -0.2) is 20.8 Å². The molecule has 1 amide bonds. The van der Waals surface area contributed by atoms with Crippen LogP contribution in [0.4, 0.5) is 10.8 Å². The van der Waals surface area contributed by atoms with Gasteiger partial charge in [-0.25, -0.2) is 9.97 Å². The fourth-order valence-electron chi connectivity index (χ4n) is 1.20. The Labute approximate surface area is 110 Å². The summed E-state index contributed by atoms with van der Waals surface area (Å²) in [6, 6.07) is 1.14. The summed E-state index contributed by atoms with van der Waals surface area (Å²) in [6.07, 6.45) is 2.45. The number of pyridine rings is 1. The molecule has 18 heavy (non-hydrogen) atoms. The van der Waals surface area contributed by atoms with Crippen molar-refractivity contribution in [3.63, 3.8) is 0 Å². The first-order chi connectivity index (χ1) is 8.58. The van der Waals surface area contributed by atoms with Gasteiger partial charge in [0.2, 0.25) is 0 Å². The Morgan fingerprint density at radius 3 is 2.89 bits per heavy atom. The molecule has 7 nitrogen and oxygen atoms in total. The Morgan fingerprint density at radius 1 is 1.50 bits per heavy atom. The first-order valence-electron chi connectivity index (χ1n) is 4.58. The van der Waals surface area contributed by atoms with Crippen LogP contribution >= 0.6 is 22.9 Å². The van der Waals surface area contributed by atoms with E-state index in [0.29, 0.717) is 5.13 Å². The molecule has 0 saturated carbocycles. The van der Waals surface area contributed by atoms with Gasteiger partial charge in [-0.2, -0.15) is 0 Å². The average molecular weight is 285 g/mol. The van der Waals surface area contributed by atoms with Crippen molar-refractivity contribution in [3.05, 3.63) is 44.7 Å². The van der Waals surface area contributed by atoms with Crippen molar-refractivity contribution in [2.45, 2.75) is 0 Å².